The third-order valence-electron chi connectivity index (χ3n) is 2.75. The summed E-state index contributed by atoms with van der Waals surface area (Å²) in [5.41, 5.74) is 0.589. The number of ether oxygens (including phenoxy) is 1. The second-order valence-corrected chi connectivity index (χ2v) is 5.11. The van der Waals surface area contributed by atoms with Gasteiger partial charge in [-0.1, -0.05) is 17.7 Å². The van der Waals surface area contributed by atoms with E-state index in [0.29, 0.717) is 17.2 Å². The Morgan fingerprint density at radius 1 is 1.50 bits per heavy atom. The smallest absolute Gasteiger partial charge is 0.169 e. The average Bonchev–Trinajstić information content (AvgIpc) is 2.33. The highest BCUT2D eigenvalue weighted by atomic mass is 79.9. The first-order valence-corrected chi connectivity index (χ1v) is 6.43. The summed E-state index contributed by atoms with van der Waals surface area (Å²) in [6, 6.07) is 5.42. The van der Waals surface area contributed by atoms with Crippen LogP contribution in [0.2, 0.25) is 5.02 Å². The Labute approximate surface area is 108 Å². The van der Waals surface area contributed by atoms with Crippen LogP contribution in [0.15, 0.2) is 22.7 Å². The lowest BCUT2D eigenvalue weighted by molar-refractivity contribution is 0.0461. The van der Waals surface area contributed by atoms with E-state index < -0.39 is 0 Å². The van der Waals surface area contributed by atoms with Gasteiger partial charge in [-0.05, 0) is 40.9 Å². The normalized spacial score (nSPS) is 20.8. The van der Waals surface area contributed by atoms with Gasteiger partial charge >= 0.3 is 0 Å². The van der Waals surface area contributed by atoms with Gasteiger partial charge in [0.05, 0.1) is 11.6 Å². The van der Waals surface area contributed by atoms with E-state index in [1.54, 1.807) is 6.07 Å². The molecule has 16 heavy (non-hydrogen) atoms. The molecular formula is C12H12BrClO2. The van der Waals surface area contributed by atoms with Crippen molar-refractivity contribution >= 4 is 33.3 Å². The van der Waals surface area contributed by atoms with Crippen LogP contribution in [0.1, 0.15) is 23.2 Å². The van der Waals surface area contributed by atoms with Crippen molar-refractivity contribution in [2.24, 2.45) is 5.92 Å². The Morgan fingerprint density at radius 3 is 3.00 bits per heavy atom. The number of Topliss-reactive ketones (excluding diaryl/α,β-unsaturated/α-hetero) is 1. The number of carbonyl (C=O) groups is 1. The molecule has 1 aliphatic heterocycles. The van der Waals surface area contributed by atoms with Gasteiger partial charge in [0.25, 0.3) is 0 Å². The summed E-state index contributed by atoms with van der Waals surface area (Å²) in [6.07, 6.45) is 1.84. The number of carbonyl (C=O) groups excluding carboxylic acids is 1. The van der Waals surface area contributed by atoms with Crippen LogP contribution in [0.25, 0.3) is 0 Å². The predicted octanol–water partition coefficient (Wildman–Crippen LogP) is 3.71. The maximum absolute atomic E-state index is 12.2. The van der Waals surface area contributed by atoms with Gasteiger partial charge in [-0.15, -0.1) is 0 Å². The molecule has 1 aromatic rings. The molecule has 1 fully saturated rings. The average molecular weight is 304 g/mol. The fourth-order valence-electron chi connectivity index (χ4n) is 1.86. The van der Waals surface area contributed by atoms with E-state index in [-0.39, 0.29) is 11.7 Å². The van der Waals surface area contributed by atoms with Gasteiger partial charge < -0.3 is 4.74 Å². The van der Waals surface area contributed by atoms with Crippen molar-refractivity contribution in [3.05, 3.63) is 33.3 Å². The van der Waals surface area contributed by atoms with Crippen molar-refractivity contribution in [1.82, 2.24) is 0 Å². The van der Waals surface area contributed by atoms with E-state index in [4.69, 9.17) is 16.3 Å². The molecule has 1 unspecified atom stereocenters. The molecule has 1 heterocycles. The molecule has 2 rings (SSSR count). The molecule has 0 aliphatic carbocycles. The lowest BCUT2D eigenvalue weighted by atomic mass is 9.93. The van der Waals surface area contributed by atoms with Gasteiger partial charge in [-0.2, -0.15) is 0 Å². The molecule has 0 N–H and O–H groups in total. The van der Waals surface area contributed by atoms with Crippen LogP contribution >= 0.6 is 27.5 Å². The summed E-state index contributed by atoms with van der Waals surface area (Å²) in [4.78, 5) is 12.2. The first-order valence-electron chi connectivity index (χ1n) is 5.26. The largest absolute Gasteiger partial charge is 0.381 e. The van der Waals surface area contributed by atoms with Crippen LogP contribution in [-0.4, -0.2) is 19.0 Å². The fourth-order valence-corrected chi connectivity index (χ4v) is 2.45. The molecule has 0 amide bonds. The van der Waals surface area contributed by atoms with E-state index in [2.05, 4.69) is 15.9 Å². The summed E-state index contributed by atoms with van der Waals surface area (Å²) >= 11 is 9.42. The molecule has 0 bridgehead atoms. The third-order valence-corrected chi connectivity index (χ3v) is 4.04. The second-order valence-electron chi connectivity index (χ2n) is 3.88. The Bertz CT molecular complexity index is 400. The van der Waals surface area contributed by atoms with E-state index >= 15 is 0 Å². The molecule has 86 valence electrons. The highest BCUT2D eigenvalue weighted by Gasteiger charge is 2.24. The van der Waals surface area contributed by atoms with Gasteiger partial charge in [0.1, 0.15) is 0 Å². The first kappa shape index (κ1) is 12.1. The van der Waals surface area contributed by atoms with Crippen LogP contribution in [0, 0.1) is 5.92 Å². The highest BCUT2D eigenvalue weighted by Crippen LogP contribution is 2.29. The van der Waals surface area contributed by atoms with Gasteiger partial charge in [0, 0.05) is 22.6 Å². The van der Waals surface area contributed by atoms with Crippen LogP contribution < -0.4 is 0 Å². The number of hydrogen-bond acceptors (Lipinski definition) is 2. The quantitative estimate of drug-likeness (QED) is 0.779. The monoisotopic (exact) mass is 302 g/mol. The molecule has 1 aliphatic rings. The van der Waals surface area contributed by atoms with Crippen molar-refractivity contribution in [1.29, 1.82) is 0 Å². The van der Waals surface area contributed by atoms with Crippen LogP contribution in [0.3, 0.4) is 0 Å². The van der Waals surface area contributed by atoms with Crippen molar-refractivity contribution in [3.63, 3.8) is 0 Å². The Balaban J connectivity index is 2.22. The standard InChI is InChI=1S/C12H12BrClO2/c13-10-5-1-4-9(11(10)14)12(15)8-3-2-6-16-7-8/h1,4-5,8H,2-3,6-7H2. The second kappa shape index (κ2) is 5.30. The number of halogens is 2. The number of benzene rings is 1. The SMILES string of the molecule is O=C(c1cccc(Br)c1Cl)C1CCCOC1. The summed E-state index contributed by atoms with van der Waals surface area (Å²) in [5.74, 6) is 0.0477. The highest BCUT2D eigenvalue weighted by molar-refractivity contribution is 9.10. The van der Waals surface area contributed by atoms with Crippen LogP contribution in [-0.2, 0) is 4.74 Å². The number of hydrogen-bond donors (Lipinski definition) is 0. The van der Waals surface area contributed by atoms with E-state index in [1.807, 2.05) is 12.1 Å². The summed E-state index contributed by atoms with van der Waals surface area (Å²) in [5, 5.41) is 0.498. The molecule has 1 atom stereocenters. The minimum Gasteiger partial charge on any atom is -0.381 e. The van der Waals surface area contributed by atoms with Crippen LogP contribution in [0.5, 0.6) is 0 Å². The lowest BCUT2D eigenvalue weighted by Crippen LogP contribution is -2.25. The molecular weight excluding hydrogens is 291 g/mol. The van der Waals surface area contributed by atoms with Crippen molar-refractivity contribution < 1.29 is 9.53 Å². The van der Waals surface area contributed by atoms with Gasteiger partial charge in [-0.25, -0.2) is 0 Å². The van der Waals surface area contributed by atoms with E-state index in [1.165, 1.54) is 0 Å². The minimum absolute atomic E-state index is 0.0412. The molecule has 0 saturated carbocycles. The fraction of sp³-hybridized carbons (Fsp3) is 0.417. The summed E-state index contributed by atoms with van der Waals surface area (Å²) in [7, 11) is 0. The molecule has 4 heteroatoms. The molecule has 1 aromatic carbocycles. The van der Waals surface area contributed by atoms with Crippen molar-refractivity contribution in [2.45, 2.75) is 12.8 Å². The molecule has 0 aromatic heterocycles. The maximum atomic E-state index is 12.2. The van der Waals surface area contributed by atoms with Crippen molar-refractivity contribution in [3.8, 4) is 0 Å². The number of rotatable bonds is 2. The lowest BCUT2D eigenvalue weighted by Gasteiger charge is -2.21. The predicted molar refractivity (Wildman–Crippen MR) is 67.0 cm³/mol. The first-order chi connectivity index (χ1) is 7.70. The maximum Gasteiger partial charge on any atom is 0.169 e. The Kier molecular flexibility index (Phi) is 4.00. The topological polar surface area (TPSA) is 26.3 Å². The van der Waals surface area contributed by atoms with Gasteiger partial charge in [0.2, 0.25) is 0 Å². The van der Waals surface area contributed by atoms with E-state index in [9.17, 15) is 4.79 Å². The zero-order chi connectivity index (χ0) is 11.5. The number of ketones is 1. The minimum atomic E-state index is -0.0412. The van der Waals surface area contributed by atoms with Gasteiger partial charge in [0.15, 0.2) is 5.78 Å². The third kappa shape index (κ3) is 2.47. The zero-order valence-electron chi connectivity index (χ0n) is 8.71. The van der Waals surface area contributed by atoms with Gasteiger partial charge in [-0.3, -0.25) is 4.79 Å². The van der Waals surface area contributed by atoms with Crippen molar-refractivity contribution in [2.75, 3.05) is 13.2 Å². The molecule has 1 saturated heterocycles. The molecule has 2 nitrogen and oxygen atoms in total. The Morgan fingerprint density at radius 2 is 2.31 bits per heavy atom. The Hall–Kier alpha value is -0.380. The van der Waals surface area contributed by atoms with E-state index in [0.717, 1.165) is 23.9 Å². The zero-order valence-corrected chi connectivity index (χ0v) is 11.1. The van der Waals surface area contributed by atoms with Crippen LogP contribution in [0.4, 0.5) is 0 Å². The molecule has 0 radical (unpaired) electrons. The summed E-state index contributed by atoms with van der Waals surface area (Å²) < 4.78 is 6.08. The summed E-state index contributed by atoms with van der Waals surface area (Å²) in [6.45, 7) is 1.28. The molecule has 0 spiro atoms.